The van der Waals surface area contributed by atoms with Gasteiger partial charge in [-0.05, 0) is 32.3 Å². The Balaban J connectivity index is 0.00000300. The van der Waals surface area contributed by atoms with Gasteiger partial charge in [0.15, 0.2) is 17.0 Å². The maximum absolute atomic E-state index is 9.67. The second kappa shape index (κ2) is 9.93. The van der Waals surface area contributed by atoms with E-state index < -0.39 is 0 Å². The lowest BCUT2D eigenvalue weighted by Crippen LogP contribution is -2.30. The Kier molecular flexibility index (Phi) is 7.87. The number of nitrogens with one attached hydrogen (secondary N) is 2. The van der Waals surface area contributed by atoms with Crippen LogP contribution in [0, 0.1) is 12.8 Å². The highest BCUT2D eigenvalue weighted by atomic mass is 32.1. The zero-order chi connectivity index (χ0) is 20.3. The van der Waals surface area contributed by atoms with Crippen molar-refractivity contribution in [1.82, 2.24) is 19.5 Å². The predicted octanol–water partition coefficient (Wildman–Crippen LogP) is 3.87. The number of nitrogens with zero attached hydrogens (tertiary/aromatic N) is 4. The number of hydrogen-bond acceptors (Lipinski definition) is 6. The van der Waals surface area contributed by atoms with Gasteiger partial charge >= 0.3 is 0 Å². The molecule has 0 aliphatic carbocycles. The fraction of sp³-hybridized carbons (Fsp3) is 0.476. The summed E-state index contributed by atoms with van der Waals surface area (Å²) in [5.74, 6) is 1.44. The maximum Gasteiger partial charge on any atom is 0.227 e. The molecule has 1 aromatic carbocycles. The standard InChI is InChI=1S/C21H30N6O.H2S/c1-13(2)17(11-28)24-21-25-19(22-10-16-8-6-15(5)7-9-16)18-20(26-21)27(12-23-18)14(3)4;/h6-9,12-14,17,28H,10-11H2,1-5H3,(H2,22,24,25,26);1H2. The van der Waals surface area contributed by atoms with E-state index in [2.05, 4.69) is 84.5 Å². The summed E-state index contributed by atoms with van der Waals surface area (Å²) in [6, 6.07) is 8.53. The number of fused-ring (bicyclic) bond motifs is 1. The SMILES string of the molecule is Cc1ccc(CNc2nc(NC(CO)C(C)C)nc3c2ncn3C(C)C)cc1.S. The molecule has 8 heteroatoms. The van der Waals surface area contributed by atoms with Crippen LogP contribution in [0.4, 0.5) is 11.8 Å². The summed E-state index contributed by atoms with van der Waals surface area (Å²) in [5, 5.41) is 16.3. The molecule has 3 rings (SSSR count). The van der Waals surface area contributed by atoms with E-state index >= 15 is 0 Å². The summed E-state index contributed by atoms with van der Waals surface area (Å²) in [7, 11) is 0. The summed E-state index contributed by atoms with van der Waals surface area (Å²) in [5.41, 5.74) is 3.93. The molecule has 2 heterocycles. The molecule has 0 saturated heterocycles. The Morgan fingerprint density at radius 1 is 1.07 bits per heavy atom. The van der Waals surface area contributed by atoms with E-state index in [1.54, 1.807) is 6.33 Å². The van der Waals surface area contributed by atoms with Gasteiger partial charge in [0.1, 0.15) is 0 Å². The van der Waals surface area contributed by atoms with E-state index in [4.69, 9.17) is 0 Å². The lowest BCUT2D eigenvalue weighted by atomic mass is 10.1. The molecule has 158 valence electrons. The van der Waals surface area contributed by atoms with Gasteiger partial charge in [-0.2, -0.15) is 23.5 Å². The molecule has 0 spiro atoms. The second-order valence-corrected chi connectivity index (χ2v) is 7.83. The first kappa shape index (κ1) is 23.0. The number of aromatic nitrogens is 4. The highest BCUT2D eigenvalue weighted by Crippen LogP contribution is 2.24. The average Bonchev–Trinajstić information content (AvgIpc) is 3.09. The third-order valence-corrected chi connectivity index (χ3v) is 4.87. The average molecular weight is 417 g/mol. The normalized spacial score (nSPS) is 12.3. The first-order valence-corrected chi connectivity index (χ1v) is 9.80. The molecule has 0 aliphatic rings. The highest BCUT2D eigenvalue weighted by Gasteiger charge is 2.18. The van der Waals surface area contributed by atoms with Crippen molar-refractivity contribution in [2.45, 2.75) is 53.2 Å². The molecule has 0 aliphatic heterocycles. The van der Waals surface area contributed by atoms with Crippen LogP contribution in [-0.2, 0) is 6.54 Å². The molecule has 1 unspecified atom stereocenters. The number of hydrogen-bond donors (Lipinski definition) is 3. The van der Waals surface area contributed by atoms with E-state index in [1.807, 2.05) is 4.57 Å². The second-order valence-electron chi connectivity index (χ2n) is 7.83. The Labute approximate surface area is 179 Å². The van der Waals surface area contributed by atoms with Gasteiger partial charge in [0.25, 0.3) is 0 Å². The van der Waals surface area contributed by atoms with E-state index in [1.165, 1.54) is 11.1 Å². The van der Waals surface area contributed by atoms with Crippen LogP contribution >= 0.6 is 13.5 Å². The smallest absolute Gasteiger partial charge is 0.227 e. The molecular weight excluding hydrogens is 384 g/mol. The first-order valence-electron chi connectivity index (χ1n) is 9.80. The number of aliphatic hydroxyl groups is 1. The van der Waals surface area contributed by atoms with Crippen LogP contribution < -0.4 is 10.6 Å². The van der Waals surface area contributed by atoms with Crippen molar-refractivity contribution in [3.8, 4) is 0 Å². The lowest BCUT2D eigenvalue weighted by Gasteiger charge is -2.20. The van der Waals surface area contributed by atoms with Crippen LogP contribution in [0.1, 0.15) is 44.9 Å². The summed E-state index contributed by atoms with van der Waals surface area (Å²) in [6.45, 7) is 11.1. The molecule has 0 fully saturated rings. The van der Waals surface area contributed by atoms with Gasteiger partial charge in [0, 0.05) is 12.6 Å². The van der Waals surface area contributed by atoms with Crippen LogP contribution in [0.5, 0.6) is 0 Å². The lowest BCUT2D eigenvalue weighted by molar-refractivity contribution is 0.248. The topological polar surface area (TPSA) is 87.9 Å². The minimum atomic E-state index is -0.113. The third-order valence-electron chi connectivity index (χ3n) is 4.87. The third kappa shape index (κ3) is 5.39. The van der Waals surface area contributed by atoms with Gasteiger partial charge in [0.2, 0.25) is 5.95 Å². The molecule has 0 saturated carbocycles. The minimum Gasteiger partial charge on any atom is -0.394 e. The zero-order valence-electron chi connectivity index (χ0n) is 17.8. The molecule has 7 nitrogen and oxygen atoms in total. The molecule has 3 N–H and O–H groups in total. The summed E-state index contributed by atoms with van der Waals surface area (Å²) in [4.78, 5) is 13.9. The van der Waals surface area contributed by atoms with Gasteiger partial charge < -0.3 is 20.3 Å². The van der Waals surface area contributed by atoms with Crippen molar-refractivity contribution in [3.63, 3.8) is 0 Å². The monoisotopic (exact) mass is 416 g/mol. The Bertz CT molecular complexity index is 923. The van der Waals surface area contributed by atoms with Gasteiger partial charge in [-0.25, -0.2) is 4.98 Å². The van der Waals surface area contributed by atoms with Crippen LogP contribution in [0.3, 0.4) is 0 Å². The Morgan fingerprint density at radius 3 is 2.34 bits per heavy atom. The molecular formula is C21H32N6OS. The van der Waals surface area contributed by atoms with Crippen molar-refractivity contribution in [1.29, 1.82) is 0 Å². The molecule has 0 radical (unpaired) electrons. The largest absolute Gasteiger partial charge is 0.394 e. The van der Waals surface area contributed by atoms with Gasteiger partial charge in [-0.1, -0.05) is 43.7 Å². The molecule has 2 aromatic heterocycles. The minimum absolute atomic E-state index is 0. The van der Waals surface area contributed by atoms with Gasteiger partial charge in [0.05, 0.1) is 19.0 Å². The Morgan fingerprint density at radius 2 is 1.76 bits per heavy atom. The van der Waals surface area contributed by atoms with E-state index in [0.717, 1.165) is 11.2 Å². The van der Waals surface area contributed by atoms with Crippen molar-refractivity contribution in [3.05, 3.63) is 41.7 Å². The van der Waals surface area contributed by atoms with Crippen LogP contribution in [0.2, 0.25) is 0 Å². The summed E-state index contributed by atoms with van der Waals surface area (Å²) in [6.07, 6.45) is 1.80. The summed E-state index contributed by atoms with van der Waals surface area (Å²) < 4.78 is 2.03. The van der Waals surface area contributed by atoms with Crippen molar-refractivity contribution in [2.24, 2.45) is 5.92 Å². The number of aryl methyl sites for hydroxylation is 1. The summed E-state index contributed by atoms with van der Waals surface area (Å²) >= 11 is 0. The fourth-order valence-corrected chi connectivity index (χ4v) is 2.96. The van der Waals surface area contributed by atoms with E-state index in [9.17, 15) is 5.11 Å². The quantitative estimate of drug-likeness (QED) is 0.517. The van der Waals surface area contributed by atoms with Crippen molar-refractivity contribution in [2.75, 3.05) is 17.2 Å². The Hall–Kier alpha value is -2.32. The molecule has 1 atom stereocenters. The van der Waals surface area contributed by atoms with Crippen molar-refractivity contribution >= 4 is 36.4 Å². The van der Waals surface area contributed by atoms with E-state index in [0.29, 0.717) is 18.3 Å². The van der Waals surface area contributed by atoms with Gasteiger partial charge in [-0.15, -0.1) is 0 Å². The number of rotatable bonds is 8. The number of aliphatic hydroxyl groups excluding tert-OH is 1. The van der Waals surface area contributed by atoms with Crippen LogP contribution in [-0.4, -0.2) is 37.3 Å². The first-order chi connectivity index (χ1) is 13.4. The van der Waals surface area contributed by atoms with Gasteiger partial charge in [-0.3, -0.25) is 0 Å². The fourth-order valence-electron chi connectivity index (χ4n) is 2.96. The predicted molar refractivity (Wildman–Crippen MR) is 124 cm³/mol. The van der Waals surface area contributed by atoms with Crippen LogP contribution in [0.25, 0.3) is 11.2 Å². The number of anilines is 2. The van der Waals surface area contributed by atoms with Crippen molar-refractivity contribution < 1.29 is 5.11 Å². The van der Waals surface area contributed by atoms with E-state index in [-0.39, 0.29) is 38.1 Å². The van der Waals surface area contributed by atoms with Crippen LogP contribution in [0.15, 0.2) is 30.6 Å². The molecule has 3 aromatic rings. The molecule has 0 amide bonds. The molecule has 0 bridgehead atoms. The molecule has 29 heavy (non-hydrogen) atoms. The highest BCUT2D eigenvalue weighted by molar-refractivity contribution is 7.59. The number of imidazole rings is 1. The zero-order valence-corrected chi connectivity index (χ0v) is 18.8. The maximum atomic E-state index is 9.67. The number of benzene rings is 1.